The van der Waals surface area contributed by atoms with Gasteiger partial charge in [-0.05, 0) is 13.3 Å². The van der Waals surface area contributed by atoms with Gasteiger partial charge in [0.25, 0.3) is 0 Å². The molecule has 1 aliphatic heterocycles. The number of hydrogen-bond acceptors (Lipinski definition) is 3. The Hall–Kier alpha value is -0.610. The number of hydrogen-bond donors (Lipinski definition) is 1. The first kappa shape index (κ1) is 9.48. The minimum Gasteiger partial charge on any atom is -0.377 e. The molecule has 1 atom stereocenters. The van der Waals surface area contributed by atoms with E-state index in [1.54, 1.807) is 4.90 Å². The lowest BCUT2D eigenvalue weighted by atomic mass is 10.3. The van der Waals surface area contributed by atoms with Crippen molar-refractivity contribution in [3.63, 3.8) is 0 Å². The molecule has 4 heteroatoms. The summed E-state index contributed by atoms with van der Waals surface area (Å²) in [5.41, 5.74) is 5.27. The quantitative estimate of drug-likeness (QED) is 0.584. The summed E-state index contributed by atoms with van der Waals surface area (Å²) in [7, 11) is 0. The van der Waals surface area contributed by atoms with Gasteiger partial charge in [-0.25, -0.2) is 0 Å². The highest BCUT2D eigenvalue weighted by molar-refractivity contribution is 5.78. The number of ether oxygens (including phenoxy) is 1. The summed E-state index contributed by atoms with van der Waals surface area (Å²) >= 11 is 0. The van der Waals surface area contributed by atoms with E-state index < -0.39 is 0 Å². The Labute approximate surface area is 72.7 Å². The summed E-state index contributed by atoms with van der Waals surface area (Å²) in [5, 5.41) is 0. The Bertz CT molecular complexity index is 161. The molecule has 0 bridgehead atoms. The third-order valence-corrected chi connectivity index (χ3v) is 1.98. The molecule has 0 spiro atoms. The van der Waals surface area contributed by atoms with E-state index in [9.17, 15) is 4.79 Å². The van der Waals surface area contributed by atoms with E-state index in [2.05, 4.69) is 0 Å². The van der Waals surface area contributed by atoms with Crippen LogP contribution in [-0.4, -0.2) is 43.2 Å². The molecule has 1 fully saturated rings. The molecule has 1 heterocycles. The van der Waals surface area contributed by atoms with Crippen LogP contribution < -0.4 is 5.73 Å². The summed E-state index contributed by atoms with van der Waals surface area (Å²) < 4.78 is 5.39. The van der Waals surface area contributed by atoms with Crippen LogP contribution in [0, 0.1) is 0 Å². The average Bonchev–Trinajstić information content (AvgIpc) is 2.28. The molecular formula is C8H16N2O2. The van der Waals surface area contributed by atoms with Gasteiger partial charge in [0.2, 0.25) is 5.91 Å². The van der Waals surface area contributed by atoms with Crippen molar-refractivity contribution in [3.8, 4) is 0 Å². The van der Waals surface area contributed by atoms with Crippen LogP contribution in [0.15, 0.2) is 0 Å². The predicted octanol–water partition coefficient (Wildman–Crippen LogP) is -0.417. The first-order chi connectivity index (χ1) is 5.74. The maximum atomic E-state index is 11.2. The molecule has 0 radical (unpaired) electrons. The lowest BCUT2D eigenvalue weighted by Crippen LogP contribution is -2.39. The van der Waals surface area contributed by atoms with Crippen LogP contribution in [0.5, 0.6) is 0 Å². The van der Waals surface area contributed by atoms with E-state index >= 15 is 0 Å². The molecule has 1 saturated heterocycles. The molecule has 0 aliphatic carbocycles. The number of rotatable bonds is 1. The van der Waals surface area contributed by atoms with Crippen LogP contribution in [-0.2, 0) is 9.53 Å². The molecule has 1 rings (SSSR count). The van der Waals surface area contributed by atoms with Crippen molar-refractivity contribution in [1.29, 1.82) is 0 Å². The molecule has 1 unspecified atom stereocenters. The van der Waals surface area contributed by atoms with Crippen molar-refractivity contribution in [2.24, 2.45) is 5.73 Å². The van der Waals surface area contributed by atoms with Crippen LogP contribution in [0.25, 0.3) is 0 Å². The lowest BCUT2D eigenvalue weighted by Gasteiger charge is -2.21. The van der Waals surface area contributed by atoms with Gasteiger partial charge in [-0.2, -0.15) is 0 Å². The second-order valence-electron chi connectivity index (χ2n) is 3.08. The SMILES string of the molecule is CC1CN(C(=O)CN)CCCO1. The number of nitrogens with two attached hydrogens (primary N) is 1. The van der Waals surface area contributed by atoms with Gasteiger partial charge in [-0.1, -0.05) is 0 Å². The normalized spacial score (nSPS) is 25.2. The smallest absolute Gasteiger partial charge is 0.236 e. The Morgan fingerprint density at radius 3 is 3.17 bits per heavy atom. The second kappa shape index (κ2) is 4.42. The van der Waals surface area contributed by atoms with Crippen LogP contribution in [0.3, 0.4) is 0 Å². The van der Waals surface area contributed by atoms with Gasteiger partial charge >= 0.3 is 0 Å². The van der Waals surface area contributed by atoms with Crippen molar-refractivity contribution in [1.82, 2.24) is 4.90 Å². The van der Waals surface area contributed by atoms with Crippen molar-refractivity contribution in [2.45, 2.75) is 19.4 Å². The summed E-state index contributed by atoms with van der Waals surface area (Å²) in [6.45, 7) is 4.28. The summed E-state index contributed by atoms with van der Waals surface area (Å²) in [5.74, 6) is 0.0207. The molecule has 0 aromatic rings. The van der Waals surface area contributed by atoms with Crippen molar-refractivity contribution < 1.29 is 9.53 Å². The zero-order chi connectivity index (χ0) is 8.97. The van der Waals surface area contributed by atoms with Crippen molar-refractivity contribution in [3.05, 3.63) is 0 Å². The van der Waals surface area contributed by atoms with Crippen LogP contribution in [0.2, 0.25) is 0 Å². The zero-order valence-electron chi connectivity index (χ0n) is 7.45. The molecule has 4 nitrogen and oxygen atoms in total. The zero-order valence-corrected chi connectivity index (χ0v) is 7.45. The summed E-state index contributed by atoms with van der Waals surface area (Å²) in [4.78, 5) is 13.0. The Kier molecular flexibility index (Phi) is 3.49. The number of nitrogens with zero attached hydrogens (tertiary/aromatic N) is 1. The first-order valence-electron chi connectivity index (χ1n) is 4.33. The Morgan fingerprint density at radius 1 is 1.75 bits per heavy atom. The largest absolute Gasteiger partial charge is 0.377 e. The Balaban J connectivity index is 2.46. The van der Waals surface area contributed by atoms with Gasteiger partial charge < -0.3 is 15.4 Å². The first-order valence-corrected chi connectivity index (χ1v) is 4.33. The monoisotopic (exact) mass is 172 g/mol. The van der Waals surface area contributed by atoms with Gasteiger partial charge in [-0.15, -0.1) is 0 Å². The minimum atomic E-state index is 0.0207. The molecule has 2 N–H and O–H groups in total. The standard InChI is InChI=1S/C8H16N2O2/c1-7-6-10(8(11)5-9)3-2-4-12-7/h7H,2-6,9H2,1H3. The van der Waals surface area contributed by atoms with Crippen molar-refractivity contribution >= 4 is 5.91 Å². The van der Waals surface area contributed by atoms with Crippen LogP contribution in [0.1, 0.15) is 13.3 Å². The molecule has 1 amide bonds. The molecule has 70 valence electrons. The third-order valence-electron chi connectivity index (χ3n) is 1.98. The van der Waals surface area contributed by atoms with E-state index in [0.29, 0.717) is 6.54 Å². The highest BCUT2D eigenvalue weighted by atomic mass is 16.5. The predicted molar refractivity (Wildman–Crippen MR) is 45.7 cm³/mol. The molecule has 12 heavy (non-hydrogen) atoms. The number of amides is 1. The van der Waals surface area contributed by atoms with Crippen molar-refractivity contribution in [2.75, 3.05) is 26.2 Å². The molecule has 0 saturated carbocycles. The van der Waals surface area contributed by atoms with Gasteiger partial charge in [0.15, 0.2) is 0 Å². The van der Waals surface area contributed by atoms with Gasteiger partial charge in [-0.3, -0.25) is 4.79 Å². The van der Waals surface area contributed by atoms with E-state index in [1.807, 2.05) is 6.92 Å². The van der Waals surface area contributed by atoms with Gasteiger partial charge in [0, 0.05) is 19.7 Å². The summed E-state index contributed by atoms with van der Waals surface area (Å²) in [6.07, 6.45) is 1.05. The highest BCUT2D eigenvalue weighted by Crippen LogP contribution is 2.04. The van der Waals surface area contributed by atoms with E-state index in [0.717, 1.165) is 19.6 Å². The van der Waals surface area contributed by atoms with E-state index in [4.69, 9.17) is 10.5 Å². The minimum absolute atomic E-state index is 0.0207. The van der Waals surface area contributed by atoms with E-state index in [1.165, 1.54) is 0 Å². The fourth-order valence-electron chi connectivity index (χ4n) is 1.35. The molecule has 0 aromatic heterocycles. The lowest BCUT2D eigenvalue weighted by molar-refractivity contribution is -0.130. The second-order valence-corrected chi connectivity index (χ2v) is 3.08. The van der Waals surface area contributed by atoms with Crippen LogP contribution >= 0.6 is 0 Å². The van der Waals surface area contributed by atoms with Crippen LogP contribution in [0.4, 0.5) is 0 Å². The maximum Gasteiger partial charge on any atom is 0.236 e. The fraction of sp³-hybridized carbons (Fsp3) is 0.875. The van der Waals surface area contributed by atoms with Gasteiger partial charge in [0.05, 0.1) is 12.6 Å². The number of carbonyl (C=O) groups is 1. The topological polar surface area (TPSA) is 55.6 Å². The third kappa shape index (κ3) is 2.46. The average molecular weight is 172 g/mol. The highest BCUT2D eigenvalue weighted by Gasteiger charge is 2.17. The Morgan fingerprint density at radius 2 is 2.50 bits per heavy atom. The molecule has 1 aliphatic rings. The molecule has 0 aromatic carbocycles. The number of carbonyl (C=O) groups excluding carboxylic acids is 1. The fourth-order valence-corrected chi connectivity index (χ4v) is 1.35. The molecular weight excluding hydrogens is 156 g/mol. The maximum absolute atomic E-state index is 11.2. The van der Waals surface area contributed by atoms with E-state index in [-0.39, 0.29) is 18.6 Å². The van der Waals surface area contributed by atoms with Gasteiger partial charge in [0.1, 0.15) is 0 Å². The summed E-state index contributed by atoms with van der Waals surface area (Å²) in [6, 6.07) is 0.